The normalized spacial score (nSPS) is 21.1. The van der Waals surface area contributed by atoms with E-state index in [0.717, 1.165) is 49.1 Å². The van der Waals surface area contributed by atoms with Gasteiger partial charge in [0.05, 0.1) is 12.1 Å². The summed E-state index contributed by atoms with van der Waals surface area (Å²) in [5.41, 5.74) is 2.26. The molecule has 0 spiro atoms. The maximum atomic E-state index is 13.2. The molecule has 0 bridgehead atoms. The van der Waals surface area contributed by atoms with Gasteiger partial charge in [0.1, 0.15) is 11.4 Å². The van der Waals surface area contributed by atoms with Crippen molar-refractivity contribution in [1.29, 1.82) is 0 Å². The van der Waals surface area contributed by atoms with Gasteiger partial charge in [0.25, 0.3) is 5.91 Å². The number of unbranched alkanes of at least 4 members (excludes halogenated alkanes) is 1. The summed E-state index contributed by atoms with van der Waals surface area (Å²) in [4.78, 5) is 31.5. The van der Waals surface area contributed by atoms with Crippen LogP contribution in [0, 0.1) is 5.92 Å². The molecule has 1 fully saturated rings. The monoisotopic (exact) mass is 404 g/mol. The summed E-state index contributed by atoms with van der Waals surface area (Å²) >= 11 is 0. The fourth-order valence-corrected chi connectivity index (χ4v) is 4.26. The van der Waals surface area contributed by atoms with E-state index in [9.17, 15) is 14.7 Å². The number of carboxylic acids is 1. The molecular weight excluding hydrogens is 376 g/mol. The lowest BCUT2D eigenvalue weighted by molar-refractivity contribution is -0.131. The van der Waals surface area contributed by atoms with E-state index in [-0.39, 0.29) is 11.5 Å². The van der Waals surface area contributed by atoms with Crippen LogP contribution in [0.1, 0.15) is 61.9 Å². The molecule has 0 aromatic heterocycles. The molecule has 1 aliphatic heterocycles. The third-order valence-corrected chi connectivity index (χ3v) is 6.24. The van der Waals surface area contributed by atoms with Crippen LogP contribution in [-0.2, 0) is 11.3 Å². The standard InChI is InChI=1S/C25H28N2O3/c1-3-4-9-22-26-25(2,19-14-15-19)24(30)27(22)16-17-10-12-18(13-11-17)20-7-5-6-8-21(20)23(28)29/h5-8,10-13,19H,3-4,9,14-16H2,1-2H3,(H,28,29)/t25-/m1/s1. The fourth-order valence-electron chi connectivity index (χ4n) is 4.26. The second-order valence-electron chi connectivity index (χ2n) is 8.49. The van der Waals surface area contributed by atoms with Crippen molar-refractivity contribution < 1.29 is 14.7 Å². The number of carboxylic acid groups (broad SMARTS) is 1. The third kappa shape index (κ3) is 3.76. The van der Waals surface area contributed by atoms with Crippen LogP contribution in [-0.4, -0.2) is 33.3 Å². The molecule has 0 saturated heterocycles. The van der Waals surface area contributed by atoms with Crippen LogP contribution >= 0.6 is 0 Å². The van der Waals surface area contributed by atoms with Gasteiger partial charge in [-0.3, -0.25) is 14.7 Å². The molecule has 2 aliphatic rings. The molecule has 1 heterocycles. The Labute approximate surface area is 177 Å². The Morgan fingerprint density at radius 1 is 1.17 bits per heavy atom. The molecule has 2 aromatic carbocycles. The Hall–Kier alpha value is -2.95. The summed E-state index contributed by atoms with van der Waals surface area (Å²) in [7, 11) is 0. The van der Waals surface area contributed by atoms with Crippen LogP contribution in [0.25, 0.3) is 11.1 Å². The van der Waals surface area contributed by atoms with E-state index in [1.807, 2.05) is 48.2 Å². The van der Waals surface area contributed by atoms with Crippen molar-refractivity contribution in [2.45, 2.75) is 58.0 Å². The van der Waals surface area contributed by atoms with Gasteiger partial charge in [-0.2, -0.15) is 0 Å². The van der Waals surface area contributed by atoms with Gasteiger partial charge >= 0.3 is 5.97 Å². The number of hydrogen-bond acceptors (Lipinski definition) is 3. The van der Waals surface area contributed by atoms with Crippen LogP contribution in [0.15, 0.2) is 53.5 Å². The van der Waals surface area contributed by atoms with Gasteiger partial charge < -0.3 is 5.11 Å². The lowest BCUT2D eigenvalue weighted by Crippen LogP contribution is -2.41. The van der Waals surface area contributed by atoms with E-state index in [0.29, 0.717) is 18.0 Å². The summed E-state index contributed by atoms with van der Waals surface area (Å²) in [5, 5.41) is 9.44. The number of carbonyl (C=O) groups excluding carboxylic acids is 1. The molecule has 5 nitrogen and oxygen atoms in total. The van der Waals surface area contributed by atoms with Gasteiger partial charge in [0, 0.05) is 6.42 Å². The first-order chi connectivity index (χ1) is 14.4. The SMILES string of the molecule is CCCCC1=N[C@](C)(C2CC2)C(=O)N1Cc1ccc(-c2ccccc2C(=O)O)cc1. The Bertz CT molecular complexity index is 992. The summed E-state index contributed by atoms with van der Waals surface area (Å²) in [6.45, 7) is 4.64. The molecule has 2 aromatic rings. The van der Waals surface area contributed by atoms with Crippen LogP contribution in [0.2, 0.25) is 0 Å². The predicted octanol–water partition coefficient (Wildman–Crippen LogP) is 5.15. The molecule has 1 aliphatic carbocycles. The average Bonchev–Trinajstić information content (AvgIpc) is 3.58. The van der Waals surface area contributed by atoms with E-state index in [2.05, 4.69) is 6.92 Å². The van der Waals surface area contributed by atoms with Crippen molar-refractivity contribution in [2.75, 3.05) is 0 Å². The van der Waals surface area contributed by atoms with Crippen molar-refractivity contribution in [3.8, 4) is 11.1 Å². The summed E-state index contributed by atoms with van der Waals surface area (Å²) in [5.74, 6) is 0.475. The van der Waals surface area contributed by atoms with Gasteiger partial charge in [-0.05, 0) is 54.9 Å². The first-order valence-corrected chi connectivity index (χ1v) is 10.8. The smallest absolute Gasteiger partial charge is 0.336 e. The molecule has 156 valence electrons. The van der Waals surface area contributed by atoms with Gasteiger partial charge in [-0.25, -0.2) is 4.79 Å². The lowest BCUT2D eigenvalue weighted by atomic mass is 9.96. The molecule has 1 saturated carbocycles. The maximum Gasteiger partial charge on any atom is 0.336 e. The van der Waals surface area contributed by atoms with Crippen molar-refractivity contribution in [3.63, 3.8) is 0 Å². The predicted molar refractivity (Wildman–Crippen MR) is 117 cm³/mol. The zero-order valence-electron chi connectivity index (χ0n) is 17.6. The number of aliphatic imine (C=N–C) groups is 1. The number of amidine groups is 1. The molecule has 30 heavy (non-hydrogen) atoms. The highest BCUT2D eigenvalue weighted by molar-refractivity contribution is 6.08. The number of aromatic carboxylic acids is 1. The number of rotatable bonds is 8. The molecule has 1 amide bonds. The van der Waals surface area contributed by atoms with E-state index in [1.165, 1.54) is 0 Å². The van der Waals surface area contributed by atoms with E-state index in [1.54, 1.807) is 12.1 Å². The second kappa shape index (κ2) is 8.05. The number of carbonyl (C=O) groups is 2. The molecular formula is C25H28N2O3. The van der Waals surface area contributed by atoms with Gasteiger partial charge in [0.2, 0.25) is 0 Å². The van der Waals surface area contributed by atoms with E-state index < -0.39 is 11.5 Å². The maximum absolute atomic E-state index is 13.2. The Kier molecular flexibility index (Phi) is 5.46. The molecule has 1 atom stereocenters. The number of benzene rings is 2. The minimum atomic E-state index is -0.937. The molecule has 5 heteroatoms. The summed E-state index contributed by atoms with van der Waals surface area (Å²) < 4.78 is 0. The highest BCUT2D eigenvalue weighted by Crippen LogP contribution is 2.46. The van der Waals surface area contributed by atoms with E-state index in [4.69, 9.17) is 4.99 Å². The van der Waals surface area contributed by atoms with Gasteiger partial charge in [-0.1, -0.05) is 55.8 Å². The molecule has 0 radical (unpaired) electrons. The largest absolute Gasteiger partial charge is 0.478 e. The second-order valence-corrected chi connectivity index (χ2v) is 8.49. The highest BCUT2D eigenvalue weighted by atomic mass is 16.4. The summed E-state index contributed by atoms with van der Waals surface area (Å²) in [6.07, 6.45) is 5.08. The fraction of sp³-hybridized carbons (Fsp3) is 0.400. The Morgan fingerprint density at radius 3 is 2.50 bits per heavy atom. The third-order valence-electron chi connectivity index (χ3n) is 6.24. The number of nitrogens with zero attached hydrogens (tertiary/aromatic N) is 2. The quantitative estimate of drug-likeness (QED) is 0.661. The minimum Gasteiger partial charge on any atom is -0.478 e. The first kappa shape index (κ1) is 20.3. The zero-order valence-corrected chi connectivity index (χ0v) is 17.6. The highest BCUT2D eigenvalue weighted by Gasteiger charge is 2.53. The zero-order chi connectivity index (χ0) is 21.3. The average molecular weight is 405 g/mol. The number of hydrogen-bond donors (Lipinski definition) is 1. The van der Waals surface area contributed by atoms with E-state index >= 15 is 0 Å². The molecule has 0 unspecified atom stereocenters. The van der Waals surface area contributed by atoms with Crippen molar-refractivity contribution in [3.05, 3.63) is 59.7 Å². The molecule has 4 rings (SSSR count). The van der Waals surface area contributed by atoms with Crippen molar-refractivity contribution >= 4 is 17.7 Å². The Morgan fingerprint density at radius 2 is 1.87 bits per heavy atom. The van der Waals surface area contributed by atoms with Crippen LogP contribution in [0.4, 0.5) is 0 Å². The summed E-state index contributed by atoms with van der Waals surface area (Å²) in [6, 6.07) is 14.8. The van der Waals surface area contributed by atoms with Crippen LogP contribution in [0.3, 0.4) is 0 Å². The van der Waals surface area contributed by atoms with Crippen LogP contribution < -0.4 is 0 Å². The van der Waals surface area contributed by atoms with Crippen molar-refractivity contribution in [1.82, 2.24) is 4.90 Å². The topological polar surface area (TPSA) is 70.0 Å². The lowest BCUT2D eigenvalue weighted by Gasteiger charge is -2.23. The van der Waals surface area contributed by atoms with Gasteiger partial charge in [0.15, 0.2) is 0 Å². The van der Waals surface area contributed by atoms with Crippen LogP contribution in [0.5, 0.6) is 0 Å². The minimum absolute atomic E-state index is 0.122. The van der Waals surface area contributed by atoms with Gasteiger partial charge in [-0.15, -0.1) is 0 Å². The number of amides is 1. The van der Waals surface area contributed by atoms with Crippen molar-refractivity contribution in [2.24, 2.45) is 10.9 Å². The first-order valence-electron chi connectivity index (χ1n) is 10.8. The molecule has 1 N–H and O–H groups in total. The Balaban J connectivity index is 1.56.